The Hall–Kier alpha value is -1.79. The maximum absolute atomic E-state index is 13.6. The molecular weight excluding hydrogens is 389 g/mol. The predicted molar refractivity (Wildman–Crippen MR) is 116 cm³/mol. The van der Waals surface area contributed by atoms with E-state index in [0.717, 1.165) is 32.4 Å². The topological polar surface area (TPSA) is 32.3 Å². The molecule has 1 spiro atoms. The van der Waals surface area contributed by atoms with Crippen LogP contribution in [0.25, 0.3) is 0 Å². The summed E-state index contributed by atoms with van der Waals surface area (Å²) in [4.78, 5) is 11.8. The largest absolute Gasteiger partial charge is 0.451 e. The van der Waals surface area contributed by atoms with E-state index < -0.39 is 12.0 Å². The van der Waals surface area contributed by atoms with Gasteiger partial charge in [-0.1, -0.05) is 38.7 Å². The number of nitrogens with zero attached hydrogens (tertiary/aromatic N) is 4. The fourth-order valence-electron chi connectivity index (χ4n) is 5.11. The highest BCUT2D eigenvalue weighted by molar-refractivity contribution is 5.51. The third-order valence-corrected chi connectivity index (χ3v) is 6.85. The van der Waals surface area contributed by atoms with Crippen molar-refractivity contribution < 1.29 is 13.2 Å². The number of halogens is 3. The highest BCUT2D eigenvalue weighted by Gasteiger charge is 2.39. The lowest BCUT2D eigenvalue weighted by Crippen LogP contribution is -2.45. The maximum atomic E-state index is 13.6. The molecule has 0 amide bonds. The second-order valence-corrected chi connectivity index (χ2v) is 9.17. The lowest BCUT2D eigenvalue weighted by molar-refractivity contribution is -0.144. The molecule has 1 aliphatic heterocycles. The Bertz CT molecular complexity index is 707. The predicted octanol–water partition coefficient (Wildman–Crippen LogP) is 6.08. The third-order valence-electron chi connectivity index (χ3n) is 6.85. The molecule has 1 saturated heterocycles. The van der Waals surface area contributed by atoms with Crippen LogP contribution in [0.3, 0.4) is 0 Å². The van der Waals surface area contributed by atoms with E-state index in [1.807, 2.05) is 18.0 Å². The first-order valence-electron chi connectivity index (χ1n) is 11.3. The molecule has 0 aromatic carbocycles. The number of rotatable bonds is 7. The summed E-state index contributed by atoms with van der Waals surface area (Å²) in [5.41, 5.74) is 0.239. The van der Waals surface area contributed by atoms with Gasteiger partial charge in [0.1, 0.15) is 11.6 Å². The van der Waals surface area contributed by atoms with Gasteiger partial charge in [-0.15, -0.1) is 6.58 Å². The Morgan fingerprint density at radius 2 is 1.90 bits per heavy atom. The molecular formula is C23H35F3N4. The lowest BCUT2D eigenvalue weighted by atomic mass is 9.69. The summed E-state index contributed by atoms with van der Waals surface area (Å²) in [5, 5.41) is 0. The van der Waals surface area contributed by atoms with Gasteiger partial charge in [0, 0.05) is 32.7 Å². The third kappa shape index (κ3) is 5.46. The van der Waals surface area contributed by atoms with Crippen LogP contribution in [0.15, 0.2) is 18.7 Å². The smallest absolute Gasteiger partial charge is 0.359 e. The van der Waals surface area contributed by atoms with E-state index in [4.69, 9.17) is 0 Å². The molecule has 3 rings (SSSR count). The molecule has 2 fully saturated rings. The van der Waals surface area contributed by atoms with Gasteiger partial charge in [0.15, 0.2) is 0 Å². The van der Waals surface area contributed by atoms with Crippen LogP contribution < -0.4 is 9.80 Å². The van der Waals surface area contributed by atoms with Gasteiger partial charge < -0.3 is 9.80 Å². The van der Waals surface area contributed by atoms with Gasteiger partial charge in [0.05, 0.1) is 0 Å². The summed E-state index contributed by atoms with van der Waals surface area (Å²) in [6, 6.07) is 1.75. The van der Waals surface area contributed by atoms with Crippen LogP contribution in [0.5, 0.6) is 0 Å². The quantitative estimate of drug-likeness (QED) is 0.496. The van der Waals surface area contributed by atoms with E-state index in [1.165, 1.54) is 38.5 Å². The van der Waals surface area contributed by atoms with E-state index >= 15 is 0 Å². The van der Waals surface area contributed by atoms with Crippen molar-refractivity contribution in [2.24, 2.45) is 11.3 Å². The molecule has 1 unspecified atom stereocenters. The van der Waals surface area contributed by atoms with Crippen LogP contribution in [-0.2, 0) is 6.18 Å². The number of hydrogen-bond donors (Lipinski definition) is 0. The second kappa shape index (κ2) is 9.56. The summed E-state index contributed by atoms with van der Waals surface area (Å²) < 4.78 is 40.8. The number of piperidine rings is 1. The van der Waals surface area contributed by atoms with Gasteiger partial charge >= 0.3 is 6.18 Å². The normalized spacial score (nSPS) is 20.2. The summed E-state index contributed by atoms with van der Waals surface area (Å²) >= 11 is 0. The summed E-state index contributed by atoms with van der Waals surface area (Å²) in [7, 11) is 1.82. The lowest BCUT2D eigenvalue weighted by Gasteiger charge is -2.46. The molecule has 168 valence electrons. The van der Waals surface area contributed by atoms with Crippen LogP contribution >= 0.6 is 0 Å². The highest BCUT2D eigenvalue weighted by Crippen LogP contribution is 2.44. The fourth-order valence-corrected chi connectivity index (χ4v) is 5.11. The molecule has 0 N–H and O–H groups in total. The Morgan fingerprint density at radius 3 is 2.53 bits per heavy atom. The maximum Gasteiger partial charge on any atom is 0.451 e. The molecule has 0 radical (unpaired) electrons. The Kier molecular flexibility index (Phi) is 7.30. The summed E-state index contributed by atoms with van der Waals surface area (Å²) in [6.45, 7) is 8.08. The molecule has 1 saturated carbocycles. The molecule has 2 heterocycles. The molecule has 1 aliphatic carbocycles. The van der Waals surface area contributed by atoms with Gasteiger partial charge in [0.25, 0.3) is 0 Å². The van der Waals surface area contributed by atoms with Crippen LogP contribution in [-0.4, -0.2) is 36.6 Å². The van der Waals surface area contributed by atoms with E-state index in [1.54, 1.807) is 6.07 Å². The highest BCUT2D eigenvalue weighted by atomic mass is 19.4. The van der Waals surface area contributed by atoms with E-state index in [9.17, 15) is 13.2 Å². The number of hydrogen-bond acceptors (Lipinski definition) is 4. The molecule has 7 heteroatoms. The van der Waals surface area contributed by atoms with Gasteiger partial charge in [-0.2, -0.15) is 13.2 Å². The standard InChI is InChI=1S/C23H35F3N4/c1-4-10-18(5-2)16-29(3)19-15-20(28-21(27-19)23(24,25)26)30-14-9-13-22(17-30)11-7-6-8-12-22/h4,15,18H,1,5-14,16-17H2,2-3H3. The average Bonchev–Trinajstić information content (AvgIpc) is 2.73. The number of anilines is 2. The SMILES string of the molecule is C=CCC(CC)CN(C)c1cc(N2CCCC3(CCCCC3)C2)nc(C(F)(F)F)n1. The molecule has 0 bridgehead atoms. The van der Waals surface area contributed by atoms with Crippen molar-refractivity contribution in [1.82, 2.24) is 9.97 Å². The van der Waals surface area contributed by atoms with Crippen molar-refractivity contribution in [2.75, 3.05) is 36.5 Å². The van der Waals surface area contributed by atoms with Gasteiger partial charge in [-0.3, -0.25) is 0 Å². The number of alkyl halides is 3. The van der Waals surface area contributed by atoms with Crippen molar-refractivity contribution in [3.8, 4) is 0 Å². The van der Waals surface area contributed by atoms with Gasteiger partial charge in [0.2, 0.25) is 5.82 Å². The zero-order valence-electron chi connectivity index (χ0n) is 18.3. The first kappa shape index (κ1) is 22.9. The Labute approximate surface area is 178 Å². The second-order valence-electron chi connectivity index (χ2n) is 9.17. The Balaban J connectivity index is 1.88. The molecule has 2 aliphatic rings. The van der Waals surface area contributed by atoms with Crippen molar-refractivity contribution in [3.05, 3.63) is 24.5 Å². The van der Waals surface area contributed by atoms with E-state index in [-0.39, 0.29) is 5.41 Å². The van der Waals surface area contributed by atoms with Crippen molar-refractivity contribution in [1.29, 1.82) is 0 Å². The van der Waals surface area contributed by atoms with Crippen molar-refractivity contribution in [3.63, 3.8) is 0 Å². The number of allylic oxidation sites excluding steroid dienone is 1. The average molecular weight is 425 g/mol. The van der Waals surface area contributed by atoms with E-state index in [2.05, 4.69) is 28.4 Å². The molecule has 1 aromatic heterocycles. The monoisotopic (exact) mass is 424 g/mol. The minimum absolute atomic E-state index is 0.239. The van der Waals surface area contributed by atoms with Crippen LogP contribution in [0.1, 0.15) is 70.5 Å². The Morgan fingerprint density at radius 1 is 1.20 bits per heavy atom. The zero-order chi connectivity index (χ0) is 21.8. The molecule has 1 aromatic rings. The first-order valence-corrected chi connectivity index (χ1v) is 11.3. The minimum atomic E-state index is -4.56. The van der Waals surface area contributed by atoms with Crippen molar-refractivity contribution in [2.45, 2.75) is 70.9 Å². The van der Waals surface area contributed by atoms with Gasteiger partial charge in [-0.05, 0) is 43.4 Å². The van der Waals surface area contributed by atoms with Crippen molar-refractivity contribution >= 4 is 11.6 Å². The van der Waals surface area contributed by atoms with E-state index in [0.29, 0.717) is 24.1 Å². The zero-order valence-corrected chi connectivity index (χ0v) is 18.3. The summed E-state index contributed by atoms with van der Waals surface area (Å²) in [6.07, 6.45) is 7.32. The molecule has 30 heavy (non-hydrogen) atoms. The molecule has 4 nitrogen and oxygen atoms in total. The number of aromatic nitrogens is 2. The van der Waals surface area contributed by atoms with Crippen LogP contribution in [0, 0.1) is 11.3 Å². The van der Waals surface area contributed by atoms with Crippen LogP contribution in [0.4, 0.5) is 24.8 Å². The van der Waals surface area contributed by atoms with Gasteiger partial charge in [-0.25, -0.2) is 9.97 Å². The first-order chi connectivity index (χ1) is 14.3. The minimum Gasteiger partial charge on any atom is -0.359 e. The molecule has 1 atom stereocenters. The summed E-state index contributed by atoms with van der Waals surface area (Å²) in [5.74, 6) is 0.0568. The fraction of sp³-hybridized carbons (Fsp3) is 0.739. The van der Waals surface area contributed by atoms with Crippen LogP contribution in [0.2, 0.25) is 0 Å².